The van der Waals surface area contributed by atoms with Crippen molar-refractivity contribution < 1.29 is 18.3 Å². The molecule has 1 atom stereocenters. The van der Waals surface area contributed by atoms with E-state index >= 15 is 0 Å². The van der Waals surface area contributed by atoms with Crippen molar-refractivity contribution in [3.8, 4) is 0 Å². The number of nitrogens with one attached hydrogen (secondary N) is 1. The molecule has 1 rings (SSSR count). The number of hydrogen-bond acceptors (Lipinski definition) is 3. The minimum Gasteiger partial charge on any atom is -0.394 e. The molecule has 114 valence electrons. The van der Waals surface area contributed by atoms with Crippen molar-refractivity contribution in [2.75, 3.05) is 26.2 Å². The molecule has 0 bridgehead atoms. The quantitative estimate of drug-likeness (QED) is 0.715. The van der Waals surface area contributed by atoms with Crippen LogP contribution in [0.2, 0.25) is 0 Å². The number of likely N-dealkylation sites (N-methyl/N-ethyl adjacent to an activating group) is 1. The van der Waals surface area contributed by atoms with Gasteiger partial charge in [-0.3, -0.25) is 4.90 Å². The van der Waals surface area contributed by atoms with E-state index < -0.39 is 18.3 Å². The first-order valence-electron chi connectivity index (χ1n) is 6.91. The first-order chi connectivity index (χ1) is 8.74. The Balaban J connectivity index is 2.78. The van der Waals surface area contributed by atoms with Gasteiger partial charge in [-0.25, -0.2) is 0 Å². The Labute approximate surface area is 113 Å². The summed E-state index contributed by atoms with van der Waals surface area (Å²) in [6, 6.07) is -0.204. The largest absolute Gasteiger partial charge is 0.401 e. The van der Waals surface area contributed by atoms with E-state index in [2.05, 4.69) is 5.32 Å². The van der Waals surface area contributed by atoms with E-state index in [1.54, 1.807) is 13.8 Å². The standard InChI is InChI=1S/C13H25F3N2O/c1-4-17-12(9-19,11-5-6-11)7-18(10(2)3)8-13(14,15)16/h10-11,17,19H,4-9H2,1-3H3. The van der Waals surface area contributed by atoms with Crippen LogP contribution < -0.4 is 5.32 Å². The van der Waals surface area contributed by atoms with Crippen LogP contribution in [0.4, 0.5) is 13.2 Å². The summed E-state index contributed by atoms with van der Waals surface area (Å²) < 4.78 is 37.9. The topological polar surface area (TPSA) is 35.5 Å². The van der Waals surface area contributed by atoms with Crippen LogP contribution in [-0.2, 0) is 0 Å². The Kier molecular flexibility index (Phi) is 5.65. The van der Waals surface area contributed by atoms with Crippen LogP contribution in [0.5, 0.6) is 0 Å². The van der Waals surface area contributed by atoms with E-state index in [0.29, 0.717) is 6.54 Å². The van der Waals surface area contributed by atoms with Crippen molar-refractivity contribution in [2.24, 2.45) is 5.92 Å². The molecule has 0 aliphatic heterocycles. The molecule has 0 aromatic heterocycles. The molecule has 3 nitrogen and oxygen atoms in total. The molecule has 1 fully saturated rings. The Hall–Kier alpha value is -0.330. The molecule has 1 saturated carbocycles. The molecule has 0 aromatic rings. The summed E-state index contributed by atoms with van der Waals surface area (Å²) in [7, 11) is 0. The van der Waals surface area contributed by atoms with Crippen molar-refractivity contribution in [1.29, 1.82) is 0 Å². The summed E-state index contributed by atoms with van der Waals surface area (Å²) >= 11 is 0. The molecule has 19 heavy (non-hydrogen) atoms. The zero-order chi connectivity index (χ0) is 14.7. The fourth-order valence-corrected chi connectivity index (χ4v) is 2.57. The minimum absolute atomic E-state index is 0.118. The molecule has 1 unspecified atom stereocenters. The molecule has 1 aliphatic carbocycles. The van der Waals surface area contributed by atoms with Crippen LogP contribution in [0.15, 0.2) is 0 Å². The average Bonchev–Trinajstić information content (AvgIpc) is 3.09. The lowest BCUT2D eigenvalue weighted by Gasteiger charge is -2.40. The van der Waals surface area contributed by atoms with E-state index in [1.807, 2.05) is 6.92 Å². The summed E-state index contributed by atoms with van der Waals surface area (Å²) in [6.45, 7) is 5.26. The molecule has 0 aromatic carbocycles. The van der Waals surface area contributed by atoms with Crippen LogP contribution in [0.3, 0.4) is 0 Å². The SMILES string of the molecule is CCNC(CO)(CN(CC(F)(F)F)C(C)C)C1CC1. The molecule has 1 aliphatic rings. The molecular formula is C13H25F3N2O. The maximum Gasteiger partial charge on any atom is 0.401 e. The second-order valence-electron chi connectivity index (χ2n) is 5.73. The maximum absolute atomic E-state index is 12.6. The van der Waals surface area contributed by atoms with Gasteiger partial charge in [0.15, 0.2) is 0 Å². The third-order valence-corrected chi connectivity index (χ3v) is 3.77. The molecule has 0 spiro atoms. The van der Waals surface area contributed by atoms with E-state index in [4.69, 9.17) is 0 Å². The summed E-state index contributed by atoms with van der Waals surface area (Å²) in [4.78, 5) is 1.40. The summed E-state index contributed by atoms with van der Waals surface area (Å²) in [6.07, 6.45) is -2.25. The van der Waals surface area contributed by atoms with Crippen LogP contribution in [0, 0.1) is 5.92 Å². The zero-order valence-corrected chi connectivity index (χ0v) is 11.9. The van der Waals surface area contributed by atoms with Crippen LogP contribution in [-0.4, -0.2) is 54.0 Å². The molecule has 0 saturated heterocycles. The van der Waals surface area contributed by atoms with Gasteiger partial charge >= 0.3 is 6.18 Å². The summed E-state index contributed by atoms with van der Waals surface area (Å²) in [5, 5.41) is 12.9. The molecule has 0 radical (unpaired) electrons. The van der Waals surface area contributed by atoms with Crippen LogP contribution in [0.25, 0.3) is 0 Å². The number of halogens is 3. The highest BCUT2D eigenvalue weighted by Crippen LogP contribution is 2.40. The van der Waals surface area contributed by atoms with Crippen LogP contribution in [0.1, 0.15) is 33.6 Å². The third-order valence-electron chi connectivity index (χ3n) is 3.77. The Morgan fingerprint density at radius 2 is 1.84 bits per heavy atom. The third kappa shape index (κ3) is 4.93. The predicted octanol–water partition coefficient (Wildman–Crippen LogP) is 2.01. The Morgan fingerprint density at radius 3 is 2.16 bits per heavy atom. The van der Waals surface area contributed by atoms with Crippen molar-refractivity contribution in [2.45, 2.75) is 51.4 Å². The Morgan fingerprint density at radius 1 is 1.26 bits per heavy atom. The lowest BCUT2D eigenvalue weighted by atomic mass is 9.92. The molecule has 0 heterocycles. The fraction of sp³-hybridized carbons (Fsp3) is 1.00. The van der Waals surface area contributed by atoms with Gasteiger partial charge in [0.2, 0.25) is 0 Å². The number of hydrogen-bond donors (Lipinski definition) is 2. The normalized spacial score (nSPS) is 20.1. The number of nitrogens with zero attached hydrogens (tertiary/aromatic N) is 1. The number of aliphatic hydroxyl groups is 1. The molecule has 6 heteroatoms. The number of alkyl halides is 3. The van der Waals surface area contributed by atoms with Gasteiger partial charge < -0.3 is 10.4 Å². The van der Waals surface area contributed by atoms with Crippen LogP contribution >= 0.6 is 0 Å². The second-order valence-corrected chi connectivity index (χ2v) is 5.73. The first-order valence-corrected chi connectivity index (χ1v) is 6.91. The highest BCUT2D eigenvalue weighted by Gasteiger charge is 2.46. The molecule has 0 amide bonds. The van der Waals surface area contributed by atoms with Crippen molar-refractivity contribution in [1.82, 2.24) is 10.2 Å². The second kappa shape index (κ2) is 6.41. The Bertz CT molecular complexity index is 280. The van der Waals surface area contributed by atoms with E-state index in [1.165, 1.54) is 4.90 Å². The van der Waals surface area contributed by atoms with E-state index in [9.17, 15) is 18.3 Å². The van der Waals surface area contributed by atoms with Gasteiger partial charge in [-0.15, -0.1) is 0 Å². The summed E-state index contributed by atoms with van der Waals surface area (Å²) in [5.74, 6) is 0.284. The molecular weight excluding hydrogens is 257 g/mol. The van der Waals surface area contributed by atoms with Gasteiger partial charge in [-0.1, -0.05) is 6.92 Å². The zero-order valence-electron chi connectivity index (χ0n) is 11.9. The van der Waals surface area contributed by atoms with Crippen molar-refractivity contribution in [3.63, 3.8) is 0 Å². The monoisotopic (exact) mass is 282 g/mol. The van der Waals surface area contributed by atoms with Crippen molar-refractivity contribution in [3.05, 3.63) is 0 Å². The predicted molar refractivity (Wildman–Crippen MR) is 69.0 cm³/mol. The average molecular weight is 282 g/mol. The van der Waals surface area contributed by atoms with Gasteiger partial charge in [0.1, 0.15) is 0 Å². The lowest BCUT2D eigenvalue weighted by Crippen LogP contribution is -2.60. The minimum atomic E-state index is -4.21. The van der Waals surface area contributed by atoms with Gasteiger partial charge in [0, 0.05) is 12.6 Å². The van der Waals surface area contributed by atoms with Gasteiger partial charge in [-0.05, 0) is 39.2 Å². The smallest absolute Gasteiger partial charge is 0.394 e. The number of rotatable bonds is 8. The lowest BCUT2D eigenvalue weighted by molar-refractivity contribution is -0.153. The van der Waals surface area contributed by atoms with Crippen molar-refractivity contribution >= 4 is 0 Å². The van der Waals surface area contributed by atoms with E-state index in [0.717, 1.165) is 12.8 Å². The van der Waals surface area contributed by atoms with Gasteiger partial charge in [-0.2, -0.15) is 13.2 Å². The van der Waals surface area contributed by atoms with Gasteiger partial charge in [0.05, 0.1) is 18.7 Å². The molecule has 2 N–H and O–H groups in total. The fourth-order valence-electron chi connectivity index (χ4n) is 2.57. The number of aliphatic hydroxyl groups excluding tert-OH is 1. The van der Waals surface area contributed by atoms with E-state index in [-0.39, 0.29) is 25.1 Å². The maximum atomic E-state index is 12.6. The highest BCUT2D eigenvalue weighted by molar-refractivity contribution is 5.03. The van der Waals surface area contributed by atoms with Gasteiger partial charge in [0.25, 0.3) is 0 Å². The highest BCUT2D eigenvalue weighted by atomic mass is 19.4. The summed E-state index contributed by atoms with van der Waals surface area (Å²) in [5.41, 5.74) is -0.593. The first kappa shape index (κ1) is 16.7.